The average Bonchev–Trinajstić information content (AvgIpc) is 2.21. The third-order valence-electron chi connectivity index (χ3n) is 3.13. The molecule has 1 atom stereocenters. The van der Waals surface area contributed by atoms with E-state index in [-0.39, 0.29) is 0 Å². The lowest BCUT2D eigenvalue weighted by Crippen LogP contribution is -2.62. The van der Waals surface area contributed by atoms with Gasteiger partial charge in [-0.05, 0) is 32.5 Å². The number of hydrogen-bond donors (Lipinski definition) is 2. The lowest BCUT2D eigenvalue weighted by Gasteiger charge is -2.42. The number of carboxylic acids is 1. The number of nitrogens with zero attached hydrogens (tertiary/aromatic N) is 1. The van der Waals surface area contributed by atoms with Crippen molar-refractivity contribution >= 4 is 5.97 Å². The first-order valence-electron chi connectivity index (χ1n) is 5.36. The van der Waals surface area contributed by atoms with E-state index in [4.69, 9.17) is 0 Å². The van der Waals surface area contributed by atoms with E-state index < -0.39 is 11.5 Å². The fourth-order valence-electron chi connectivity index (χ4n) is 2.31. The molecule has 0 aliphatic carbocycles. The normalized spacial score (nSPS) is 27.9. The Hall–Kier alpha value is -0.610. The Morgan fingerprint density at radius 1 is 1.50 bits per heavy atom. The Balaban J connectivity index is 2.83. The van der Waals surface area contributed by atoms with E-state index in [0.717, 1.165) is 32.5 Å². The molecule has 0 aromatic carbocycles. The molecule has 1 unspecified atom stereocenters. The zero-order valence-corrected chi connectivity index (χ0v) is 9.05. The van der Waals surface area contributed by atoms with Gasteiger partial charge in [-0.15, -0.1) is 0 Å². The van der Waals surface area contributed by atoms with Gasteiger partial charge in [-0.3, -0.25) is 9.69 Å². The summed E-state index contributed by atoms with van der Waals surface area (Å²) in [5.41, 5.74) is -0.665. The van der Waals surface area contributed by atoms with Crippen molar-refractivity contribution in [2.45, 2.75) is 32.2 Å². The van der Waals surface area contributed by atoms with Gasteiger partial charge >= 0.3 is 5.97 Å². The third kappa shape index (κ3) is 1.91. The molecule has 1 aliphatic rings. The van der Waals surface area contributed by atoms with Crippen LogP contribution in [0.4, 0.5) is 0 Å². The predicted octanol–water partition coefficient (Wildman–Crippen LogP) is 0.535. The number of hydrogen-bond acceptors (Lipinski definition) is 3. The van der Waals surface area contributed by atoms with E-state index in [2.05, 4.69) is 5.32 Å². The topological polar surface area (TPSA) is 52.6 Å². The Labute approximate surface area is 85.3 Å². The fourth-order valence-corrected chi connectivity index (χ4v) is 2.31. The summed E-state index contributed by atoms with van der Waals surface area (Å²) in [4.78, 5) is 13.4. The van der Waals surface area contributed by atoms with E-state index in [9.17, 15) is 9.90 Å². The number of rotatable bonds is 4. The van der Waals surface area contributed by atoms with Crippen molar-refractivity contribution in [2.75, 3.05) is 26.2 Å². The number of aliphatic carboxylic acids is 1. The summed E-state index contributed by atoms with van der Waals surface area (Å²) in [6.07, 6.45) is 1.71. The van der Waals surface area contributed by atoms with Gasteiger partial charge in [0, 0.05) is 6.54 Å². The predicted molar refractivity (Wildman–Crippen MR) is 55.4 cm³/mol. The lowest BCUT2D eigenvalue weighted by atomic mass is 9.88. The number of likely N-dealkylation sites (N-methyl/N-ethyl adjacent to an activating group) is 1. The molecule has 0 saturated carbocycles. The molecule has 82 valence electrons. The first kappa shape index (κ1) is 11.5. The van der Waals surface area contributed by atoms with E-state index in [1.807, 2.05) is 18.7 Å². The molecule has 1 aliphatic heterocycles. The maximum absolute atomic E-state index is 11.4. The summed E-state index contributed by atoms with van der Waals surface area (Å²) in [6, 6.07) is 0. The number of carboxylic acid groups (broad SMARTS) is 1. The van der Waals surface area contributed by atoms with Gasteiger partial charge in [0.05, 0.1) is 0 Å². The maximum Gasteiger partial charge on any atom is 0.325 e. The van der Waals surface area contributed by atoms with E-state index in [1.165, 1.54) is 0 Å². The van der Waals surface area contributed by atoms with Crippen LogP contribution in [0.25, 0.3) is 0 Å². The second-order valence-corrected chi connectivity index (χ2v) is 3.79. The zero-order valence-electron chi connectivity index (χ0n) is 9.05. The van der Waals surface area contributed by atoms with Crippen molar-refractivity contribution in [3.05, 3.63) is 0 Å². The molecule has 0 aromatic rings. The van der Waals surface area contributed by atoms with Gasteiger partial charge in [-0.2, -0.15) is 0 Å². The second-order valence-electron chi connectivity index (χ2n) is 3.79. The van der Waals surface area contributed by atoms with Crippen LogP contribution in [-0.2, 0) is 4.79 Å². The Kier molecular flexibility index (Phi) is 3.89. The summed E-state index contributed by atoms with van der Waals surface area (Å²) in [7, 11) is 0. The SMILES string of the molecule is CCN(CC)C1(C(=O)O)CCCNC1. The number of piperidine rings is 1. The first-order chi connectivity index (χ1) is 6.67. The Morgan fingerprint density at radius 2 is 2.14 bits per heavy atom. The van der Waals surface area contributed by atoms with Crippen molar-refractivity contribution in [2.24, 2.45) is 0 Å². The van der Waals surface area contributed by atoms with E-state index in [1.54, 1.807) is 0 Å². The molecule has 0 bridgehead atoms. The molecule has 0 aromatic heterocycles. The molecule has 1 fully saturated rings. The molecule has 1 heterocycles. The average molecular weight is 200 g/mol. The van der Waals surface area contributed by atoms with Crippen molar-refractivity contribution < 1.29 is 9.90 Å². The minimum atomic E-state index is -0.687. The smallest absolute Gasteiger partial charge is 0.325 e. The van der Waals surface area contributed by atoms with Crippen molar-refractivity contribution in [3.63, 3.8) is 0 Å². The molecule has 1 saturated heterocycles. The highest BCUT2D eigenvalue weighted by Gasteiger charge is 2.43. The van der Waals surface area contributed by atoms with Crippen LogP contribution in [-0.4, -0.2) is 47.7 Å². The lowest BCUT2D eigenvalue weighted by molar-refractivity contribution is -0.153. The van der Waals surface area contributed by atoms with Crippen LogP contribution >= 0.6 is 0 Å². The second kappa shape index (κ2) is 4.75. The maximum atomic E-state index is 11.4. The zero-order chi connectivity index (χ0) is 10.6. The molecule has 0 amide bonds. The van der Waals surface area contributed by atoms with Crippen LogP contribution in [0.1, 0.15) is 26.7 Å². The molecule has 4 nitrogen and oxygen atoms in total. The molecule has 0 spiro atoms. The van der Waals surface area contributed by atoms with Crippen LogP contribution in [0.15, 0.2) is 0 Å². The largest absolute Gasteiger partial charge is 0.480 e. The summed E-state index contributed by atoms with van der Waals surface area (Å²) in [5, 5.41) is 12.5. The summed E-state index contributed by atoms with van der Waals surface area (Å²) in [6.45, 7) is 7.14. The van der Waals surface area contributed by atoms with Crippen molar-refractivity contribution in [3.8, 4) is 0 Å². The van der Waals surface area contributed by atoms with Crippen molar-refractivity contribution in [1.82, 2.24) is 10.2 Å². The van der Waals surface area contributed by atoms with Crippen LogP contribution in [0.2, 0.25) is 0 Å². The van der Waals surface area contributed by atoms with Gasteiger partial charge in [-0.25, -0.2) is 0 Å². The minimum Gasteiger partial charge on any atom is -0.480 e. The van der Waals surface area contributed by atoms with E-state index >= 15 is 0 Å². The highest BCUT2D eigenvalue weighted by molar-refractivity contribution is 5.79. The van der Waals surface area contributed by atoms with Gasteiger partial charge < -0.3 is 10.4 Å². The van der Waals surface area contributed by atoms with Gasteiger partial charge in [0.15, 0.2) is 0 Å². The molecular weight excluding hydrogens is 180 g/mol. The highest BCUT2D eigenvalue weighted by atomic mass is 16.4. The van der Waals surface area contributed by atoms with Crippen LogP contribution in [0.3, 0.4) is 0 Å². The number of carbonyl (C=O) groups is 1. The van der Waals surface area contributed by atoms with E-state index in [0.29, 0.717) is 6.54 Å². The molecule has 0 radical (unpaired) electrons. The Morgan fingerprint density at radius 3 is 2.50 bits per heavy atom. The third-order valence-corrected chi connectivity index (χ3v) is 3.13. The van der Waals surface area contributed by atoms with Gasteiger partial charge in [0.2, 0.25) is 0 Å². The highest BCUT2D eigenvalue weighted by Crippen LogP contribution is 2.24. The summed E-state index contributed by atoms with van der Waals surface area (Å²) in [5.74, 6) is -0.687. The fraction of sp³-hybridized carbons (Fsp3) is 0.900. The van der Waals surface area contributed by atoms with Crippen LogP contribution in [0.5, 0.6) is 0 Å². The van der Waals surface area contributed by atoms with Crippen LogP contribution in [0, 0.1) is 0 Å². The quantitative estimate of drug-likeness (QED) is 0.695. The minimum absolute atomic E-state index is 0.573. The summed E-state index contributed by atoms with van der Waals surface area (Å²) >= 11 is 0. The standard InChI is InChI=1S/C10H20N2O2/c1-3-12(4-2)10(9(13)14)6-5-7-11-8-10/h11H,3-8H2,1-2H3,(H,13,14). The molecular formula is C10H20N2O2. The monoisotopic (exact) mass is 200 g/mol. The Bertz CT molecular complexity index is 196. The molecule has 2 N–H and O–H groups in total. The number of nitrogens with one attached hydrogen (secondary N) is 1. The summed E-state index contributed by atoms with van der Waals surface area (Å²) < 4.78 is 0. The van der Waals surface area contributed by atoms with Gasteiger partial charge in [0.1, 0.15) is 5.54 Å². The van der Waals surface area contributed by atoms with Gasteiger partial charge in [0.25, 0.3) is 0 Å². The molecule has 4 heteroatoms. The first-order valence-corrected chi connectivity index (χ1v) is 5.36. The van der Waals surface area contributed by atoms with Crippen LogP contribution < -0.4 is 5.32 Å². The van der Waals surface area contributed by atoms with Gasteiger partial charge in [-0.1, -0.05) is 13.8 Å². The molecule has 14 heavy (non-hydrogen) atoms. The van der Waals surface area contributed by atoms with Crippen molar-refractivity contribution in [1.29, 1.82) is 0 Å². The molecule has 1 rings (SSSR count).